The fourth-order valence-corrected chi connectivity index (χ4v) is 1.31. The largest absolute Gasteiger partial charge is 0.458 e. The van der Waals surface area contributed by atoms with Gasteiger partial charge in [-0.25, -0.2) is 0 Å². The molecule has 0 aliphatic heterocycles. The van der Waals surface area contributed by atoms with Gasteiger partial charge in [-0.1, -0.05) is 19.9 Å². The van der Waals surface area contributed by atoms with E-state index in [1.807, 2.05) is 19.9 Å². The standard InChI is InChI=1S/C11H18O2/c1-3-9(2)11(12)13-10-7-5-4-6-8-10/h5,7,9-10H,3-4,6,8H2,1-2H3. The lowest BCUT2D eigenvalue weighted by Crippen LogP contribution is -2.22. The maximum atomic E-state index is 11.4. The lowest BCUT2D eigenvalue weighted by molar-refractivity contribution is -0.151. The first kappa shape index (κ1) is 10.3. The van der Waals surface area contributed by atoms with E-state index >= 15 is 0 Å². The molecule has 13 heavy (non-hydrogen) atoms. The van der Waals surface area contributed by atoms with Gasteiger partial charge in [0, 0.05) is 0 Å². The Morgan fingerprint density at radius 3 is 3.00 bits per heavy atom. The number of allylic oxidation sites excluding steroid dienone is 1. The van der Waals surface area contributed by atoms with Gasteiger partial charge in [0.05, 0.1) is 5.92 Å². The Labute approximate surface area is 80.0 Å². The van der Waals surface area contributed by atoms with Gasteiger partial charge in [0.2, 0.25) is 0 Å². The summed E-state index contributed by atoms with van der Waals surface area (Å²) in [7, 11) is 0. The molecule has 0 radical (unpaired) electrons. The first-order chi connectivity index (χ1) is 6.24. The van der Waals surface area contributed by atoms with Gasteiger partial charge < -0.3 is 4.74 Å². The number of carbonyl (C=O) groups excluding carboxylic acids is 1. The monoisotopic (exact) mass is 182 g/mol. The average Bonchev–Trinajstić information content (AvgIpc) is 2.18. The molecule has 1 aliphatic carbocycles. The molecule has 1 rings (SSSR count). The van der Waals surface area contributed by atoms with Crippen LogP contribution in [0.15, 0.2) is 12.2 Å². The zero-order valence-electron chi connectivity index (χ0n) is 8.45. The predicted molar refractivity (Wildman–Crippen MR) is 52.3 cm³/mol. The zero-order chi connectivity index (χ0) is 9.68. The van der Waals surface area contributed by atoms with Gasteiger partial charge in [0.25, 0.3) is 0 Å². The van der Waals surface area contributed by atoms with Crippen LogP contribution in [-0.4, -0.2) is 12.1 Å². The van der Waals surface area contributed by atoms with Gasteiger partial charge in [-0.05, 0) is 31.8 Å². The SMILES string of the molecule is CCC(C)C(=O)OC1C=CCCC1. The molecule has 0 heterocycles. The van der Waals surface area contributed by atoms with Crippen molar-refractivity contribution in [1.29, 1.82) is 0 Å². The summed E-state index contributed by atoms with van der Waals surface area (Å²) in [5.41, 5.74) is 0. The summed E-state index contributed by atoms with van der Waals surface area (Å²) >= 11 is 0. The number of ether oxygens (including phenoxy) is 1. The molecule has 74 valence electrons. The Morgan fingerprint density at radius 2 is 2.46 bits per heavy atom. The molecular weight excluding hydrogens is 164 g/mol. The molecule has 0 aromatic rings. The van der Waals surface area contributed by atoms with Crippen molar-refractivity contribution in [3.63, 3.8) is 0 Å². The number of carbonyl (C=O) groups is 1. The summed E-state index contributed by atoms with van der Waals surface area (Å²) < 4.78 is 5.32. The van der Waals surface area contributed by atoms with Crippen LogP contribution in [0.4, 0.5) is 0 Å². The summed E-state index contributed by atoms with van der Waals surface area (Å²) in [5, 5.41) is 0. The summed E-state index contributed by atoms with van der Waals surface area (Å²) in [6, 6.07) is 0. The van der Waals surface area contributed by atoms with E-state index in [9.17, 15) is 4.79 Å². The number of hydrogen-bond acceptors (Lipinski definition) is 2. The van der Waals surface area contributed by atoms with Crippen molar-refractivity contribution in [2.24, 2.45) is 5.92 Å². The summed E-state index contributed by atoms with van der Waals surface area (Å²) in [6.07, 6.45) is 8.23. The van der Waals surface area contributed by atoms with Gasteiger partial charge in [0.15, 0.2) is 0 Å². The summed E-state index contributed by atoms with van der Waals surface area (Å²) in [5.74, 6) is -0.0191. The summed E-state index contributed by atoms with van der Waals surface area (Å²) in [4.78, 5) is 11.4. The number of esters is 1. The van der Waals surface area contributed by atoms with Crippen molar-refractivity contribution in [3.05, 3.63) is 12.2 Å². The molecule has 1 aliphatic rings. The second-order valence-electron chi connectivity index (χ2n) is 3.64. The van der Waals surface area contributed by atoms with E-state index in [-0.39, 0.29) is 18.0 Å². The molecule has 0 N–H and O–H groups in total. The van der Waals surface area contributed by atoms with Crippen LogP contribution in [0.25, 0.3) is 0 Å². The maximum absolute atomic E-state index is 11.4. The number of rotatable bonds is 3. The van der Waals surface area contributed by atoms with Gasteiger partial charge in [-0.15, -0.1) is 0 Å². The van der Waals surface area contributed by atoms with Crippen LogP contribution in [0.2, 0.25) is 0 Å². The third kappa shape index (κ3) is 3.21. The van der Waals surface area contributed by atoms with Crippen molar-refractivity contribution < 1.29 is 9.53 Å². The Hall–Kier alpha value is -0.790. The third-order valence-corrected chi connectivity index (χ3v) is 2.49. The van der Waals surface area contributed by atoms with Crippen LogP contribution in [0.3, 0.4) is 0 Å². The molecule has 2 atom stereocenters. The second kappa shape index (κ2) is 5.05. The maximum Gasteiger partial charge on any atom is 0.309 e. The van der Waals surface area contributed by atoms with E-state index in [1.165, 1.54) is 0 Å². The van der Waals surface area contributed by atoms with Crippen LogP contribution in [0.5, 0.6) is 0 Å². The fourth-order valence-electron chi connectivity index (χ4n) is 1.31. The van der Waals surface area contributed by atoms with E-state index in [4.69, 9.17) is 4.74 Å². The molecule has 2 heteroatoms. The first-order valence-electron chi connectivity index (χ1n) is 5.11. The average molecular weight is 182 g/mol. The van der Waals surface area contributed by atoms with Crippen molar-refractivity contribution in [3.8, 4) is 0 Å². The van der Waals surface area contributed by atoms with Gasteiger partial charge in [-0.3, -0.25) is 4.79 Å². The molecular formula is C11H18O2. The summed E-state index contributed by atoms with van der Waals surface area (Å²) in [6.45, 7) is 3.91. The highest BCUT2D eigenvalue weighted by atomic mass is 16.5. The Morgan fingerprint density at radius 1 is 1.69 bits per heavy atom. The zero-order valence-corrected chi connectivity index (χ0v) is 8.45. The number of hydrogen-bond donors (Lipinski definition) is 0. The molecule has 0 aromatic heterocycles. The van der Waals surface area contributed by atoms with E-state index in [0.717, 1.165) is 25.7 Å². The molecule has 2 unspecified atom stereocenters. The van der Waals surface area contributed by atoms with E-state index in [2.05, 4.69) is 6.08 Å². The molecule has 2 nitrogen and oxygen atoms in total. The van der Waals surface area contributed by atoms with Gasteiger partial charge in [-0.2, -0.15) is 0 Å². The normalized spacial score (nSPS) is 24.0. The smallest absolute Gasteiger partial charge is 0.309 e. The third-order valence-electron chi connectivity index (χ3n) is 2.49. The van der Waals surface area contributed by atoms with E-state index in [1.54, 1.807) is 0 Å². The lowest BCUT2D eigenvalue weighted by atomic mass is 10.0. The minimum absolute atomic E-state index is 0.0373. The second-order valence-corrected chi connectivity index (χ2v) is 3.64. The van der Waals surface area contributed by atoms with Crippen LogP contribution < -0.4 is 0 Å². The van der Waals surface area contributed by atoms with Crippen molar-refractivity contribution in [2.75, 3.05) is 0 Å². The first-order valence-corrected chi connectivity index (χ1v) is 5.11. The van der Waals surface area contributed by atoms with Crippen LogP contribution >= 0.6 is 0 Å². The molecule has 0 amide bonds. The van der Waals surface area contributed by atoms with Crippen molar-refractivity contribution >= 4 is 5.97 Å². The van der Waals surface area contributed by atoms with E-state index in [0.29, 0.717) is 0 Å². The molecule has 0 bridgehead atoms. The minimum Gasteiger partial charge on any atom is -0.458 e. The Kier molecular flexibility index (Phi) is 4.00. The topological polar surface area (TPSA) is 26.3 Å². The molecule has 0 aromatic carbocycles. The van der Waals surface area contributed by atoms with Crippen molar-refractivity contribution in [2.45, 2.75) is 45.6 Å². The van der Waals surface area contributed by atoms with Crippen molar-refractivity contribution in [1.82, 2.24) is 0 Å². The minimum atomic E-state index is -0.0564. The quantitative estimate of drug-likeness (QED) is 0.495. The highest BCUT2D eigenvalue weighted by Crippen LogP contribution is 2.15. The molecule has 0 saturated heterocycles. The fraction of sp³-hybridized carbons (Fsp3) is 0.727. The molecule has 0 saturated carbocycles. The highest BCUT2D eigenvalue weighted by molar-refractivity contribution is 5.72. The van der Waals surface area contributed by atoms with Gasteiger partial charge in [0.1, 0.15) is 6.10 Å². The predicted octanol–water partition coefficient (Wildman–Crippen LogP) is 2.68. The highest BCUT2D eigenvalue weighted by Gasteiger charge is 2.17. The Bertz CT molecular complexity index is 196. The van der Waals surface area contributed by atoms with Crippen LogP contribution in [0, 0.1) is 5.92 Å². The lowest BCUT2D eigenvalue weighted by Gasteiger charge is -2.18. The molecule has 0 spiro atoms. The van der Waals surface area contributed by atoms with Crippen LogP contribution in [-0.2, 0) is 9.53 Å². The molecule has 0 fully saturated rings. The van der Waals surface area contributed by atoms with Crippen LogP contribution in [0.1, 0.15) is 39.5 Å². The van der Waals surface area contributed by atoms with E-state index < -0.39 is 0 Å². The Balaban J connectivity index is 2.34. The van der Waals surface area contributed by atoms with Gasteiger partial charge >= 0.3 is 5.97 Å².